The first-order valence-electron chi connectivity index (χ1n) is 9.15. The smallest absolute Gasteiger partial charge is 0.270 e. The lowest BCUT2D eigenvalue weighted by Crippen LogP contribution is -2.50. The molecule has 1 amide bonds. The van der Waals surface area contributed by atoms with Gasteiger partial charge in [-0.25, -0.2) is 4.68 Å². The quantitative estimate of drug-likeness (QED) is 0.769. The Labute approximate surface area is 150 Å². The second-order valence-corrected chi connectivity index (χ2v) is 7.00. The van der Waals surface area contributed by atoms with Crippen molar-refractivity contribution >= 4 is 16.8 Å². The molecule has 0 radical (unpaired) electrons. The number of nitrogens with one attached hydrogen (secondary N) is 1. The Balaban J connectivity index is 1.47. The minimum Gasteiger partial charge on any atom is -0.370 e. The SMILES string of the molecule is CCc1c(C(=O)N2CC[C@H]3OCc4cnnn4[C@H]3C2)[nH]c2ccccc12. The highest BCUT2D eigenvalue weighted by molar-refractivity contribution is 6.01. The number of aryl methyl sites for hydroxylation is 1. The fourth-order valence-corrected chi connectivity index (χ4v) is 4.27. The molecule has 0 bridgehead atoms. The van der Waals surface area contributed by atoms with Gasteiger partial charge in [-0.05, 0) is 24.5 Å². The number of aromatic nitrogens is 4. The molecule has 0 spiro atoms. The Morgan fingerprint density at radius 2 is 2.27 bits per heavy atom. The van der Waals surface area contributed by atoms with E-state index in [4.69, 9.17) is 4.74 Å². The molecule has 1 aromatic carbocycles. The van der Waals surface area contributed by atoms with E-state index in [0.717, 1.165) is 35.0 Å². The lowest BCUT2D eigenvalue weighted by atomic mass is 9.99. The van der Waals surface area contributed by atoms with Crippen LogP contribution in [0, 0.1) is 0 Å². The van der Waals surface area contributed by atoms with Gasteiger partial charge in [0.05, 0.1) is 30.6 Å². The summed E-state index contributed by atoms with van der Waals surface area (Å²) in [7, 11) is 0. The van der Waals surface area contributed by atoms with Crippen LogP contribution in [0.5, 0.6) is 0 Å². The summed E-state index contributed by atoms with van der Waals surface area (Å²) in [5, 5.41) is 9.35. The summed E-state index contributed by atoms with van der Waals surface area (Å²) in [6, 6.07) is 8.14. The molecular weight excluding hydrogens is 330 g/mol. The molecule has 3 aromatic rings. The van der Waals surface area contributed by atoms with Crippen LogP contribution >= 0.6 is 0 Å². The van der Waals surface area contributed by atoms with Crippen molar-refractivity contribution in [2.24, 2.45) is 0 Å². The first kappa shape index (κ1) is 15.6. The highest BCUT2D eigenvalue weighted by atomic mass is 16.5. The molecule has 134 valence electrons. The summed E-state index contributed by atoms with van der Waals surface area (Å²) in [6.07, 6.45) is 3.48. The molecule has 4 heterocycles. The molecule has 0 unspecified atom stereocenters. The van der Waals surface area contributed by atoms with E-state index in [1.807, 2.05) is 27.8 Å². The molecule has 7 heteroatoms. The topological polar surface area (TPSA) is 76.0 Å². The second-order valence-electron chi connectivity index (χ2n) is 7.00. The minimum absolute atomic E-state index is 0.0356. The molecule has 1 fully saturated rings. The summed E-state index contributed by atoms with van der Waals surface area (Å²) < 4.78 is 7.88. The summed E-state index contributed by atoms with van der Waals surface area (Å²) in [4.78, 5) is 18.5. The van der Waals surface area contributed by atoms with Crippen LogP contribution in [-0.4, -0.2) is 50.0 Å². The van der Waals surface area contributed by atoms with Crippen molar-refractivity contribution in [1.29, 1.82) is 0 Å². The first-order chi connectivity index (χ1) is 12.8. The van der Waals surface area contributed by atoms with Crippen LogP contribution in [0.1, 0.15) is 41.1 Å². The number of H-pyrrole nitrogens is 1. The molecule has 0 saturated carbocycles. The number of carbonyl (C=O) groups excluding carboxylic acids is 1. The Kier molecular flexibility index (Phi) is 3.56. The van der Waals surface area contributed by atoms with Gasteiger partial charge < -0.3 is 14.6 Å². The average Bonchev–Trinajstić information content (AvgIpc) is 3.31. The zero-order valence-electron chi connectivity index (χ0n) is 14.7. The number of likely N-dealkylation sites (tertiary alicyclic amines) is 1. The monoisotopic (exact) mass is 351 g/mol. The normalized spacial score (nSPS) is 22.3. The number of piperidine rings is 1. The lowest BCUT2D eigenvalue weighted by Gasteiger charge is -2.40. The van der Waals surface area contributed by atoms with Crippen LogP contribution in [0.4, 0.5) is 0 Å². The molecular formula is C19H21N5O2. The van der Waals surface area contributed by atoms with Crippen LogP contribution < -0.4 is 0 Å². The predicted molar refractivity (Wildman–Crippen MR) is 95.8 cm³/mol. The molecule has 26 heavy (non-hydrogen) atoms. The largest absolute Gasteiger partial charge is 0.370 e. The number of amides is 1. The number of hydrogen-bond acceptors (Lipinski definition) is 4. The van der Waals surface area contributed by atoms with E-state index in [9.17, 15) is 4.79 Å². The molecule has 1 N–H and O–H groups in total. The van der Waals surface area contributed by atoms with E-state index in [-0.39, 0.29) is 18.1 Å². The highest BCUT2D eigenvalue weighted by Crippen LogP contribution is 2.31. The maximum absolute atomic E-state index is 13.3. The van der Waals surface area contributed by atoms with E-state index in [0.29, 0.717) is 25.4 Å². The Morgan fingerprint density at radius 3 is 3.15 bits per heavy atom. The van der Waals surface area contributed by atoms with Gasteiger partial charge >= 0.3 is 0 Å². The molecule has 0 aliphatic carbocycles. The van der Waals surface area contributed by atoms with Gasteiger partial charge in [0.2, 0.25) is 0 Å². The lowest BCUT2D eigenvalue weighted by molar-refractivity contribution is -0.0605. The van der Waals surface area contributed by atoms with Gasteiger partial charge in [0.25, 0.3) is 5.91 Å². The Morgan fingerprint density at radius 1 is 1.38 bits per heavy atom. The van der Waals surface area contributed by atoms with Gasteiger partial charge in [-0.3, -0.25) is 4.79 Å². The van der Waals surface area contributed by atoms with Crippen molar-refractivity contribution in [3.8, 4) is 0 Å². The number of carbonyl (C=O) groups is 1. The van der Waals surface area contributed by atoms with E-state index in [1.54, 1.807) is 6.20 Å². The fraction of sp³-hybridized carbons (Fsp3) is 0.421. The molecule has 2 aliphatic heterocycles. The summed E-state index contributed by atoms with van der Waals surface area (Å²) >= 11 is 0. The number of fused-ring (bicyclic) bond motifs is 4. The van der Waals surface area contributed by atoms with Gasteiger partial charge in [0.1, 0.15) is 5.69 Å². The van der Waals surface area contributed by atoms with Gasteiger partial charge in [-0.2, -0.15) is 0 Å². The van der Waals surface area contributed by atoms with Crippen LogP contribution in [0.25, 0.3) is 10.9 Å². The number of aromatic amines is 1. The molecule has 7 nitrogen and oxygen atoms in total. The molecule has 2 atom stereocenters. The predicted octanol–water partition coefficient (Wildman–Crippen LogP) is 2.31. The highest BCUT2D eigenvalue weighted by Gasteiger charge is 2.38. The van der Waals surface area contributed by atoms with Gasteiger partial charge in [0, 0.05) is 24.0 Å². The van der Waals surface area contributed by atoms with Crippen molar-refractivity contribution < 1.29 is 9.53 Å². The van der Waals surface area contributed by atoms with E-state index in [2.05, 4.69) is 28.3 Å². The Hall–Kier alpha value is -2.67. The number of rotatable bonds is 2. The first-order valence-corrected chi connectivity index (χ1v) is 9.15. The Bertz CT molecular complexity index is 975. The number of ether oxygens (including phenoxy) is 1. The van der Waals surface area contributed by atoms with E-state index < -0.39 is 0 Å². The molecule has 2 aliphatic rings. The third kappa shape index (κ3) is 2.27. The molecule has 1 saturated heterocycles. The third-order valence-corrected chi connectivity index (χ3v) is 5.60. The van der Waals surface area contributed by atoms with Crippen molar-refractivity contribution in [1.82, 2.24) is 24.9 Å². The number of nitrogens with zero attached hydrogens (tertiary/aromatic N) is 4. The number of hydrogen-bond donors (Lipinski definition) is 1. The third-order valence-electron chi connectivity index (χ3n) is 5.60. The van der Waals surface area contributed by atoms with Gasteiger partial charge in [0.15, 0.2) is 0 Å². The minimum atomic E-state index is 0.0356. The fourth-order valence-electron chi connectivity index (χ4n) is 4.27. The number of para-hydroxylation sites is 1. The zero-order chi connectivity index (χ0) is 17.7. The van der Waals surface area contributed by atoms with Gasteiger partial charge in [-0.1, -0.05) is 30.3 Å². The zero-order valence-corrected chi connectivity index (χ0v) is 14.7. The van der Waals surface area contributed by atoms with Crippen LogP contribution in [-0.2, 0) is 17.8 Å². The van der Waals surface area contributed by atoms with Crippen LogP contribution in [0.2, 0.25) is 0 Å². The van der Waals surface area contributed by atoms with Crippen LogP contribution in [0.3, 0.4) is 0 Å². The average molecular weight is 351 g/mol. The number of benzene rings is 1. The van der Waals surface area contributed by atoms with E-state index >= 15 is 0 Å². The standard InChI is InChI=1S/C19H21N5O2/c1-2-13-14-5-3-4-6-15(14)21-18(13)19(25)23-8-7-17-16(10-23)24-12(11-26-17)9-20-22-24/h3-6,9,16-17,21H,2,7-8,10-11H2,1H3/t16-,17+/m0/s1. The van der Waals surface area contributed by atoms with Crippen molar-refractivity contribution in [2.45, 2.75) is 38.5 Å². The summed E-state index contributed by atoms with van der Waals surface area (Å²) in [5.74, 6) is 0.0590. The maximum Gasteiger partial charge on any atom is 0.270 e. The molecule has 2 aromatic heterocycles. The van der Waals surface area contributed by atoms with Gasteiger partial charge in [-0.15, -0.1) is 5.10 Å². The summed E-state index contributed by atoms with van der Waals surface area (Å²) in [6.45, 7) is 3.93. The van der Waals surface area contributed by atoms with Crippen LogP contribution in [0.15, 0.2) is 30.5 Å². The maximum atomic E-state index is 13.3. The summed E-state index contributed by atoms with van der Waals surface area (Å²) in [5.41, 5.74) is 3.79. The van der Waals surface area contributed by atoms with Crippen molar-refractivity contribution in [3.63, 3.8) is 0 Å². The van der Waals surface area contributed by atoms with Crippen molar-refractivity contribution in [3.05, 3.63) is 47.4 Å². The van der Waals surface area contributed by atoms with E-state index in [1.165, 1.54) is 0 Å². The molecule has 5 rings (SSSR count). The second kappa shape index (κ2) is 5.95. The van der Waals surface area contributed by atoms with Crippen molar-refractivity contribution in [2.75, 3.05) is 13.1 Å².